The Balaban J connectivity index is 2.99. The van der Waals surface area contributed by atoms with Crippen LogP contribution in [0.2, 0.25) is 0 Å². The molecule has 0 heterocycles. The van der Waals surface area contributed by atoms with Gasteiger partial charge >= 0.3 is 6.18 Å². The second-order valence-corrected chi connectivity index (χ2v) is 5.46. The minimum atomic E-state index is -3.96. The normalized spacial score (nSPS) is 12.0. The fourth-order valence-corrected chi connectivity index (χ4v) is 2.27. The monoisotopic (exact) mass is 279 g/mol. The molecule has 0 aromatic heterocycles. The zero-order chi connectivity index (χ0) is 14.4. The quantitative estimate of drug-likeness (QED) is 0.324. The Morgan fingerprint density at radius 3 is 1.16 bits per heavy atom. The Labute approximate surface area is 117 Å². The predicted molar refractivity (Wildman–Crippen MR) is 76.1 cm³/mol. The minimum absolute atomic E-state index is 0.301. The van der Waals surface area contributed by atoms with Crippen molar-refractivity contribution in [2.45, 2.75) is 96.1 Å². The first-order chi connectivity index (χ1) is 9.06. The van der Waals surface area contributed by atoms with Crippen LogP contribution >= 0.6 is 0 Å². The summed E-state index contributed by atoms with van der Waals surface area (Å²) in [5, 5.41) is 0. The zero-order valence-corrected chi connectivity index (χ0v) is 12.2. The van der Waals surface area contributed by atoms with Crippen LogP contribution in [-0.2, 0) is 0 Å². The van der Waals surface area contributed by atoms with Gasteiger partial charge in [-0.3, -0.25) is 0 Å². The first kappa shape index (κ1) is 18.8. The van der Waals surface area contributed by atoms with E-state index in [2.05, 4.69) is 6.92 Å². The highest BCUT2D eigenvalue weighted by Crippen LogP contribution is 2.23. The summed E-state index contributed by atoms with van der Waals surface area (Å²) in [6.45, 7) is 3.83. The van der Waals surface area contributed by atoms with E-state index in [-0.39, 0.29) is 0 Å². The highest BCUT2D eigenvalue weighted by atomic mass is 19.4. The summed E-state index contributed by atoms with van der Waals surface area (Å²) in [5.41, 5.74) is 0. The Hall–Kier alpha value is -0.210. The Morgan fingerprint density at radius 2 is 0.842 bits per heavy atom. The first-order valence-corrected chi connectivity index (χ1v) is 7.92. The van der Waals surface area contributed by atoms with Crippen LogP contribution in [0.15, 0.2) is 0 Å². The van der Waals surface area contributed by atoms with Gasteiger partial charge in [-0.2, -0.15) is 13.2 Å². The van der Waals surface area contributed by atoms with Crippen molar-refractivity contribution in [3.8, 4) is 0 Å². The first-order valence-electron chi connectivity index (χ1n) is 7.92. The summed E-state index contributed by atoms with van der Waals surface area (Å²) < 4.78 is 35.6. The van der Waals surface area contributed by atoms with E-state index in [1.807, 2.05) is 0 Å². The second-order valence-electron chi connectivity index (χ2n) is 5.46. The van der Waals surface area contributed by atoms with E-state index in [0.29, 0.717) is 6.42 Å². The fraction of sp³-hybridized carbons (Fsp3) is 0.938. The molecule has 0 aromatic carbocycles. The van der Waals surface area contributed by atoms with Crippen LogP contribution in [0.25, 0.3) is 0 Å². The molecule has 0 saturated carbocycles. The van der Waals surface area contributed by atoms with E-state index in [4.69, 9.17) is 0 Å². The standard InChI is InChI=1S/C16H30F3/c1-2-3-4-5-6-7-8-9-10-11-12-13-14-15-16(17,18)19/h1-15H2. The van der Waals surface area contributed by atoms with Crippen molar-refractivity contribution in [3.05, 3.63) is 6.92 Å². The lowest BCUT2D eigenvalue weighted by Gasteiger charge is -2.05. The molecule has 0 rings (SSSR count). The molecule has 0 aliphatic heterocycles. The third-order valence-corrected chi connectivity index (χ3v) is 3.46. The number of alkyl halides is 3. The van der Waals surface area contributed by atoms with Gasteiger partial charge in [-0.25, -0.2) is 0 Å². The maximum absolute atomic E-state index is 11.9. The molecule has 0 saturated heterocycles. The summed E-state index contributed by atoms with van der Waals surface area (Å²) in [6, 6.07) is 0. The molecule has 0 N–H and O–H groups in total. The van der Waals surface area contributed by atoms with Crippen molar-refractivity contribution in [1.29, 1.82) is 0 Å². The average molecular weight is 279 g/mol. The molecule has 0 aromatic rings. The number of rotatable bonds is 13. The lowest BCUT2D eigenvalue weighted by Crippen LogP contribution is -2.06. The van der Waals surface area contributed by atoms with Gasteiger partial charge in [0.25, 0.3) is 0 Å². The highest BCUT2D eigenvalue weighted by molar-refractivity contribution is 4.52. The summed E-state index contributed by atoms with van der Waals surface area (Å²) in [6.07, 6.45) is 9.79. The molecule has 0 bridgehead atoms. The third kappa shape index (κ3) is 17.8. The van der Waals surface area contributed by atoms with Crippen LogP contribution in [-0.4, -0.2) is 6.18 Å². The Kier molecular flexibility index (Phi) is 12.7. The van der Waals surface area contributed by atoms with Gasteiger partial charge in [0.1, 0.15) is 0 Å². The molecule has 115 valence electrons. The molecule has 0 unspecified atom stereocenters. The third-order valence-electron chi connectivity index (χ3n) is 3.46. The van der Waals surface area contributed by atoms with Crippen LogP contribution in [0.1, 0.15) is 89.9 Å². The number of unbranched alkanes of at least 4 members (excludes halogenated alkanes) is 12. The van der Waals surface area contributed by atoms with E-state index < -0.39 is 12.6 Å². The molecule has 1 radical (unpaired) electrons. The summed E-state index contributed by atoms with van der Waals surface area (Å²) >= 11 is 0. The van der Waals surface area contributed by atoms with E-state index in [1.165, 1.54) is 51.4 Å². The van der Waals surface area contributed by atoms with E-state index in [9.17, 15) is 13.2 Å². The molecule has 0 amide bonds. The summed E-state index contributed by atoms with van der Waals surface area (Å²) in [7, 11) is 0. The van der Waals surface area contributed by atoms with Crippen molar-refractivity contribution in [2.75, 3.05) is 0 Å². The van der Waals surface area contributed by atoms with Gasteiger partial charge in [-0.05, 0) is 6.42 Å². The predicted octanol–water partition coefficient (Wildman–Crippen LogP) is 6.84. The van der Waals surface area contributed by atoms with Gasteiger partial charge < -0.3 is 0 Å². The van der Waals surface area contributed by atoms with E-state index >= 15 is 0 Å². The van der Waals surface area contributed by atoms with Gasteiger partial charge in [0.2, 0.25) is 0 Å². The van der Waals surface area contributed by atoms with Gasteiger partial charge in [0.05, 0.1) is 0 Å². The van der Waals surface area contributed by atoms with Crippen LogP contribution < -0.4 is 0 Å². The van der Waals surface area contributed by atoms with Crippen molar-refractivity contribution in [1.82, 2.24) is 0 Å². The molecule has 0 atom stereocenters. The number of hydrogen-bond donors (Lipinski definition) is 0. The second kappa shape index (κ2) is 12.8. The zero-order valence-electron chi connectivity index (χ0n) is 12.2. The molecular weight excluding hydrogens is 249 g/mol. The lowest BCUT2D eigenvalue weighted by molar-refractivity contribution is -0.135. The van der Waals surface area contributed by atoms with Crippen LogP contribution in [0.5, 0.6) is 0 Å². The van der Waals surface area contributed by atoms with Crippen molar-refractivity contribution in [2.24, 2.45) is 0 Å². The largest absolute Gasteiger partial charge is 0.389 e. The maximum atomic E-state index is 11.9. The van der Waals surface area contributed by atoms with Crippen LogP contribution in [0, 0.1) is 6.92 Å². The number of halogens is 3. The smallest absolute Gasteiger partial charge is 0.171 e. The Morgan fingerprint density at radius 1 is 0.526 bits per heavy atom. The SMILES string of the molecule is [CH2]CCCCCCCCCCCCCCC(F)(F)F. The van der Waals surface area contributed by atoms with E-state index in [0.717, 1.165) is 25.7 Å². The summed E-state index contributed by atoms with van der Waals surface area (Å²) in [4.78, 5) is 0. The highest BCUT2D eigenvalue weighted by Gasteiger charge is 2.25. The van der Waals surface area contributed by atoms with Gasteiger partial charge in [-0.1, -0.05) is 84.0 Å². The summed E-state index contributed by atoms with van der Waals surface area (Å²) in [5.74, 6) is 0. The maximum Gasteiger partial charge on any atom is 0.389 e. The molecule has 0 aliphatic rings. The van der Waals surface area contributed by atoms with Crippen LogP contribution in [0.3, 0.4) is 0 Å². The van der Waals surface area contributed by atoms with Crippen molar-refractivity contribution >= 4 is 0 Å². The molecule has 0 nitrogen and oxygen atoms in total. The average Bonchev–Trinajstić information content (AvgIpc) is 2.34. The molecule has 0 spiro atoms. The van der Waals surface area contributed by atoms with Gasteiger partial charge in [-0.15, -0.1) is 0 Å². The topological polar surface area (TPSA) is 0 Å². The van der Waals surface area contributed by atoms with Crippen molar-refractivity contribution < 1.29 is 13.2 Å². The fourth-order valence-electron chi connectivity index (χ4n) is 2.27. The number of hydrogen-bond acceptors (Lipinski definition) is 0. The molecule has 3 heteroatoms. The van der Waals surface area contributed by atoms with Gasteiger partial charge in [0.15, 0.2) is 0 Å². The minimum Gasteiger partial charge on any atom is -0.171 e. The van der Waals surface area contributed by atoms with Crippen molar-refractivity contribution in [3.63, 3.8) is 0 Å². The van der Waals surface area contributed by atoms with Crippen LogP contribution in [0.4, 0.5) is 13.2 Å². The Bertz CT molecular complexity index is 175. The van der Waals surface area contributed by atoms with Gasteiger partial charge in [0, 0.05) is 6.42 Å². The molecule has 0 fully saturated rings. The molecule has 0 aliphatic carbocycles. The van der Waals surface area contributed by atoms with E-state index in [1.54, 1.807) is 0 Å². The molecular formula is C16H30F3. The molecule has 19 heavy (non-hydrogen) atoms. The lowest BCUT2D eigenvalue weighted by atomic mass is 10.0.